The number of methoxy groups -OCH3 is 1. The molecule has 0 spiro atoms. The lowest BCUT2D eigenvalue weighted by Gasteiger charge is -2.41. The van der Waals surface area contributed by atoms with Crippen molar-refractivity contribution in [2.75, 3.05) is 7.11 Å². The van der Waals surface area contributed by atoms with Crippen LogP contribution in [-0.4, -0.2) is 46.1 Å². The topological polar surface area (TPSA) is 76.2 Å². The Morgan fingerprint density at radius 2 is 1.55 bits per heavy atom. The molecule has 0 radical (unpaired) electrons. The summed E-state index contributed by atoms with van der Waals surface area (Å²) < 4.78 is 10.5. The van der Waals surface area contributed by atoms with Crippen LogP contribution in [0.5, 0.6) is 5.75 Å². The summed E-state index contributed by atoms with van der Waals surface area (Å²) in [6.45, 7) is 12.1. The van der Waals surface area contributed by atoms with Gasteiger partial charge in [-0.1, -0.05) is 34.9 Å². The van der Waals surface area contributed by atoms with Crippen molar-refractivity contribution in [3.63, 3.8) is 0 Å². The van der Waals surface area contributed by atoms with Crippen LogP contribution >= 0.6 is 11.6 Å². The quantitative estimate of drug-likeness (QED) is 0.423. The minimum absolute atomic E-state index is 0.191. The second kappa shape index (κ2) is 10.3. The van der Waals surface area contributed by atoms with E-state index in [4.69, 9.17) is 21.1 Å². The van der Waals surface area contributed by atoms with Crippen molar-refractivity contribution in [3.8, 4) is 5.75 Å². The van der Waals surface area contributed by atoms with Crippen LogP contribution in [0.3, 0.4) is 0 Å². The molecule has 2 rings (SSSR count). The Morgan fingerprint density at radius 3 is 2.03 bits per heavy atom. The average molecular weight is 475 g/mol. The summed E-state index contributed by atoms with van der Waals surface area (Å²) in [6.07, 6.45) is -1.06. The summed E-state index contributed by atoms with van der Waals surface area (Å²) in [5.41, 5.74) is 0.833. The molecule has 3 amide bonds. The summed E-state index contributed by atoms with van der Waals surface area (Å²) in [4.78, 5) is 40.7. The van der Waals surface area contributed by atoms with Gasteiger partial charge in [-0.3, -0.25) is 9.59 Å². The Kier molecular flexibility index (Phi) is 8.14. The number of halogens is 1. The van der Waals surface area contributed by atoms with E-state index in [0.29, 0.717) is 16.9 Å². The molecule has 178 valence electrons. The fourth-order valence-corrected chi connectivity index (χ4v) is 3.62. The van der Waals surface area contributed by atoms with E-state index in [2.05, 4.69) is 0 Å². The smallest absolute Gasteiger partial charge is 0.438 e. The predicted octanol–water partition coefficient (Wildman–Crippen LogP) is 5.64. The predicted molar refractivity (Wildman–Crippen MR) is 128 cm³/mol. The van der Waals surface area contributed by atoms with E-state index >= 15 is 0 Å². The lowest BCUT2D eigenvalue weighted by Crippen LogP contribution is -2.60. The number of amides is 3. The van der Waals surface area contributed by atoms with E-state index in [-0.39, 0.29) is 5.56 Å². The molecule has 0 aliphatic heterocycles. The van der Waals surface area contributed by atoms with E-state index in [0.717, 1.165) is 21.1 Å². The molecule has 0 fully saturated rings. The van der Waals surface area contributed by atoms with Crippen LogP contribution in [0.25, 0.3) is 0 Å². The van der Waals surface area contributed by atoms with E-state index < -0.39 is 29.0 Å². The van der Waals surface area contributed by atoms with E-state index in [1.807, 2.05) is 19.9 Å². The molecule has 0 saturated heterocycles. The Bertz CT molecular complexity index is 1040. The number of carbonyl (C=O) groups is 3. The van der Waals surface area contributed by atoms with Gasteiger partial charge in [-0.2, -0.15) is 0 Å². The normalized spacial score (nSPS) is 12.0. The molecule has 1 atom stereocenters. The number of nitrogens with zero attached hydrogens (tertiary/aromatic N) is 2. The van der Waals surface area contributed by atoms with Gasteiger partial charge in [-0.25, -0.2) is 9.80 Å². The van der Waals surface area contributed by atoms with Gasteiger partial charge in [-0.05, 0) is 72.7 Å². The van der Waals surface area contributed by atoms with Crippen LogP contribution in [0.4, 0.5) is 4.79 Å². The number of carbonyl (C=O) groups excluding carboxylic acids is 3. The van der Waals surface area contributed by atoms with Gasteiger partial charge in [0.2, 0.25) is 0 Å². The molecular weight excluding hydrogens is 444 g/mol. The van der Waals surface area contributed by atoms with Gasteiger partial charge in [0.1, 0.15) is 5.75 Å². The second-order valence-corrected chi connectivity index (χ2v) is 9.46. The maximum Gasteiger partial charge on any atom is 0.438 e. The molecule has 0 heterocycles. The van der Waals surface area contributed by atoms with Crippen molar-refractivity contribution in [2.45, 2.75) is 59.6 Å². The van der Waals surface area contributed by atoms with Crippen molar-refractivity contribution in [1.29, 1.82) is 0 Å². The van der Waals surface area contributed by atoms with Crippen LogP contribution in [0.15, 0.2) is 36.4 Å². The highest BCUT2D eigenvalue weighted by atomic mass is 35.5. The molecule has 0 bridgehead atoms. The third kappa shape index (κ3) is 6.05. The number of hydrazine groups is 1. The number of hydrogen-bond acceptors (Lipinski definition) is 5. The van der Waals surface area contributed by atoms with E-state index in [1.54, 1.807) is 58.0 Å². The Labute approximate surface area is 200 Å². The highest BCUT2D eigenvalue weighted by Gasteiger charge is 2.42. The summed E-state index contributed by atoms with van der Waals surface area (Å²) >= 11 is 5.90. The molecule has 0 aromatic heterocycles. The first-order valence-electron chi connectivity index (χ1n) is 10.5. The highest BCUT2D eigenvalue weighted by Crippen LogP contribution is 2.28. The molecule has 0 aliphatic carbocycles. The van der Waals surface area contributed by atoms with Gasteiger partial charge < -0.3 is 9.47 Å². The SMILES string of the molecule is COc1cccc(C(=O)N(C(=O)OC(C)Cl)N(C(=O)c2cc(C)cc(C)c2)C(C)(C)C)c1C. The number of alkyl halides is 1. The Balaban J connectivity index is 2.71. The lowest BCUT2D eigenvalue weighted by atomic mass is 10.0. The van der Waals surface area contributed by atoms with Crippen LogP contribution in [0.2, 0.25) is 0 Å². The molecule has 33 heavy (non-hydrogen) atoms. The van der Waals surface area contributed by atoms with Crippen LogP contribution in [0.1, 0.15) is 65.1 Å². The fraction of sp³-hybridized carbons (Fsp3) is 0.400. The van der Waals surface area contributed by atoms with Gasteiger partial charge in [-0.15, -0.1) is 5.01 Å². The number of imide groups is 1. The standard InChI is InChI=1S/C25H31ClN2O5/c1-15-12-16(2)14-19(13-15)22(29)28(25(5,6)7)27(24(31)33-18(4)26)23(30)20-10-9-11-21(32-8)17(20)3/h9-14,18H,1-8H3. The molecule has 7 nitrogen and oxygen atoms in total. The zero-order chi connectivity index (χ0) is 25.1. The minimum Gasteiger partial charge on any atom is -0.496 e. The summed E-state index contributed by atoms with van der Waals surface area (Å²) in [7, 11) is 1.49. The van der Waals surface area contributed by atoms with Gasteiger partial charge in [0.15, 0.2) is 5.56 Å². The number of aryl methyl sites for hydroxylation is 2. The first-order chi connectivity index (χ1) is 15.3. The van der Waals surface area contributed by atoms with E-state index in [9.17, 15) is 14.4 Å². The lowest BCUT2D eigenvalue weighted by molar-refractivity contribution is -0.0410. The third-order valence-electron chi connectivity index (χ3n) is 4.86. The van der Waals surface area contributed by atoms with Crippen molar-refractivity contribution < 1.29 is 23.9 Å². The van der Waals surface area contributed by atoms with Gasteiger partial charge >= 0.3 is 6.09 Å². The van der Waals surface area contributed by atoms with Crippen molar-refractivity contribution in [2.24, 2.45) is 0 Å². The molecule has 8 heteroatoms. The fourth-order valence-electron chi connectivity index (χ4n) is 3.54. The van der Waals surface area contributed by atoms with Crippen LogP contribution < -0.4 is 4.74 Å². The zero-order valence-electron chi connectivity index (χ0n) is 20.4. The molecular formula is C25H31ClN2O5. The number of hydrogen-bond donors (Lipinski definition) is 0. The molecule has 0 aliphatic rings. The largest absolute Gasteiger partial charge is 0.496 e. The van der Waals surface area contributed by atoms with Crippen molar-refractivity contribution in [3.05, 3.63) is 64.2 Å². The summed E-state index contributed by atoms with van der Waals surface area (Å²) in [5, 5.41) is 1.84. The first-order valence-corrected chi connectivity index (χ1v) is 11.0. The molecule has 0 saturated carbocycles. The Hall–Kier alpha value is -3.06. The molecule has 0 N–H and O–H groups in total. The monoisotopic (exact) mass is 474 g/mol. The van der Waals surface area contributed by atoms with Gasteiger partial charge in [0.05, 0.1) is 12.6 Å². The molecule has 2 aromatic rings. The highest BCUT2D eigenvalue weighted by molar-refractivity contribution is 6.20. The maximum absolute atomic E-state index is 13.7. The van der Waals surface area contributed by atoms with Gasteiger partial charge in [0.25, 0.3) is 11.8 Å². The number of rotatable bonds is 4. The maximum atomic E-state index is 13.7. The number of benzene rings is 2. The van der Waals surface area contributed by atoms with Crippen LogP contribution in [0, 0.1) is 20.8 Å². The second-order valence-electron chi connectivity index (χ2n) is 8.84. The van der Waals surface area contributed by atoms with Crippen LogP contribution in [-0.2, 0) is 4.74 Å². The summed E-state index contributed by atoms with van der Waals surface area (Å²) in [5.74, 6) is -0.786. The number of ether oxygens (including phenoxy) is 2. The van der Waals surface area contributed by atoms with Crippen molar-refractivity contribution in [1.82, 2.24) is 10.0 Å². The van der Waals surface area contributed by atoms with Gasteiger partial charge in [0, 0.05) is 16.7 Å². The minimum atomic E-state index is -1.06. The Morgan fingerprint density at radius 1 is 0.970 bits per heavy atom. The molecule has 2 aromatic carbocycles. The van der Waals surface area contributed by atoms with E-state index in [1.165, 1.54) is 14.0 Å². The van der Waals surface area contributed by atoms with Crippen molar-refractivity contribution >= 4 is 29.5 Å². The molecule has 1 unspecified atom stereocenters. The zero-order valence-corrected chi connectivity index (χ0v) is 21.1. The average Bonchev–Trinajstić information content (AvgIpc) is 2.68. The first kappa shape index (κ1) is 26.2. The summed E-state index contributed by atoms with van der Waals surface area (Å²) in [6, 6.07) is 10.3. The third-order valence-corrected chi connectivity index (χ3v) is 4.95.